The zero-order chi connectivity index (χ0) is 18.4. The lowest BCUT2D eigenvalue weighted by Gasteiger charge is -2.11. The van der Waals surface area contributed by atoms with Crippen LogP contribution in [-0.4, -0.2) is 32.7 Å². The van der Waals surface area contributed by atoms with Crippen molar-refractivity contribution in [2.45, 2.75) is 6.92 Å². The molecule has 0 aliphatic rings. The fourth-order valence-electron chi connectivity index (χ4n) is 2.09. The van der Waals surface area contributed by atoms with Gasteiger partial charge in [-0.2, -0.15) is 0 Å². The molecule has 2 aromatic rings. The van der Waals surface area contributed by atoms with E-state index in [1.807, 2.05) is 19.1 Å². The highest BCUT2D eigenvalue weighted by molar-refractivity contribution is 9.10. The second-order valence-electron chi connectivity index (χ2n) is 5.17. The second-order valence-corrected chi connectivity index (χ2v) is 6.03. The summed E-state index contributed by atoms with van der Waals surface area (Å²) in [5.74, 6) is -0.290. The number of aryl methyl sites for hydroxylation is 1. The van der Waals surface area contributed by atoms with Gasteiger partial charge in [-0.3, -0.25) is 4.79 Å². The van der Waals surface area contributed by atoms with Gasteiger partial charge >= 0.3 is 5.97 Å². The Balaban J connectivity index is 2.00. The van der Waals surface area contributed by atoms with Crippen LogP contribution < -0.4 is 14.8 Å². The molecule has 0 radical (unpaired) electrons. The molecule has 2 aromatic carbocycles. The van der Waals surface area contributed by atoms with E-state index in [4.69, 9.17) is 14.2 Å². The first-order valence-corrected chi connectivity index (χ1v) is 8.19. The molecule has 0 aromatic heterocycles. The fourth-order valence-corrected chi connectivity index (χ4v) is 2.68. The average Bonchev–Trinajstić information content (AvgIpc) is 2.61. The van der Waals surface area contributed by atoms with Gasteiger partial charge in [-0.15, -0.1) is 0 Å². The topological polar surface area (TPSA) is 73.9 Å². The standard InChI is InChI=1S/C18H18BrNO5/c1-11-4-6-15(14(19)8-11)20-17(21)10-25-18(22)13-9-12(23-2)5-7-16(13)24-3/h4-9H,10H2,1-3H3,(H,20,21). The molecule has 0 bridgehead atoms. The maximum absolute atomic E-state index is 12.2. The number of ether oxygens (including phenoxy) is 3. The van der Waals surface area contributed by atoms with Crippen molar-refractivity contribution in [2.75, 3.05) is 26.1 Å². The molecule has 0 atom stereocenters. The minimum atomic E-state index is -0.672. The minimum Gasteiger partial charge on any atom is -0.497 e. The number of hydrogen-bond acceptors (Lipinski definition) is 5. The van der Waals surface area contributed by atoms with Gasteiger partial charge in [-0.1, -0.05) is 6.07 Å². The highest BCUT2D eigenvalue weighted by Gasteiger charge is 2.17. The van der Waals surface area contributed by atoms with Crippen LogP contribution in [0.4, 0.5) is 5.69 Å². The van der Waals surface area contributed by atoms with E-state index >= 15 is 0 Å². The van der Waals surface area contributed by atoms with Crippen LogP contribution in [0.5, 0.6) is 11.5 Å². The Labute approximate surface area is 154 Å². The second kappa shape index (κ2) is 8.53. The number of carbonyl (C=O) groups is 2. The SMILES string of the molecule is COc1ccc(OC)c(C(=O)OCC(=O)Nc2ccc(C)cc2Br)c1. The van der Waals surface area contributed by atoms with E-state index in [-0.39, 0.29) is 5.56 Å². The molecule has 0 saturated heterocycles. The fraction of sp³-hybridized carbons (Fsp3) is 0.222. The van der Waals surface area contributed by atoms with Crippen LogP contribution in [-0.2, 0) is 9.53 Å². The first kappa shape index (κ1) is 18.8. The maximum Gasteiger partial charge on any atom is 0.342 e. The summed E-state index contributed by atoms with van der Waals surface area (Å²) in [6.07, 6.45) is 0. The number of benzene rings is 2. The number of hydrogen-bond donors (Lipinski definition) is 1. The van der Waals surface area contributed by atoms with Crippen LogP contribution in [0, 0.1) is 6.92 Å². The molecule has 25 heavy (non-hydrogen) atoms. The van der Waals surface area contributed by atoms with E-state index in [9.17, 15) is 9.59 Å². The van der Waals surface area contributed by atoms with E-state index in [1.54, 1.807) is 18.2 Å². The highest BCUT2D eigenvalue weighted by Crippen LogP contribution is 2.25. The number of halogens is 1. The Bertz CT molecular complexity index is 791. The third kappa shape index (κ3) is 4.96. The molecule has 0 fully saturated rings. The normalized spacial score (nSPS) is 10.1. The van der Waals surface area contributed by atoms with Crippen LogP contribution >= 0.6 is 15.9 Å². The molecule has 0 aliphatic carbocycles. The Kier molecular flexibility index (Phi) is 6.41. The van der Waals surface area contributed by atoms with Crippen molar-refractivity contribution >= 4 is 33.5 Å². The van der Waals surface area contributed by atoms with Gasteiger partial charge in [0, 0.05) is 4.47 Å². The van der Waals surface area contributed by atoms with Crippen molar-refractivity contribution in [1.29, 1.82) is 0 Å². The highest BCUT2D eigenvalue weighted by atomic mass is 79.9. The molecule has 0 heterocycles. The number of amides is 1. The smallest absolute Gasteiger partial charge is 0.342 e. The van der Waals surface area contributed by atoms with Crippen LogP contribution in [0.15, 0.2) is 40.9 Å². The first-order valence-electron chi connectivity index (χ1n) is 7.39. The maximum atomic E-state index is 12.2. The lowest BCUT2D eigenvalue weighted by molar-refractivity contribution is -0.119. The molecule has 2 rings (SSSR count). The van der Waals surface area contributed by atoms with Gasteiger partial charge in [0.05, 0.1) is 19.9 Å². The van der Waals surface area contributed by atoms with Gasteiger partial charge in [0.2, 0.25) is 0 Å². The quantitative estimate of drug-likeness (QED) is 0.740. The van der Waals surface area contributed by atoms with Crippen LogP contribution in [0.3, 0.4) is 0 Å². The number of esters is 1. The summed E-state index contributed by atoms with van der Waals surface area (Å²) < 4.78 is 16.0. The van der Waals surface area contributed by atoms with Gasteiger partial charge < -0.3 is 19.5 Å². The average molecular weight is 408 g/mol. The monoisotopic (exact) mass is 407 g/mol. The van der Waals surface area contributed by atoms with E-state index in [2.05, 4.69) is 21.2 Å². The van der Waals surface area contributed by atoms with Gasteiger partial charge in [-0.05, 0) is 58.7 Å². The molecule has 0 unspecified atom stereocenters. The summed E-state index contributed by atoms with van der Waals surface area (Å²) >= 11 is 3.37. The third-order valence-electron chi connectivity index (χ3n) is 3.36. The molecule has 1 amide bonds. The Morgan fingerprint density at radius 3 is 2.48 bits per heavy atom. The minimum absolute atomic E-state index is 0.186. The number of methoxy groups -OCH3 is 2. The van der Waals surface area contributed by atoms with Gasteiger partial charge in [0.15, 0.2) is 6.61 Å². The van der Waals surface area contributed by atoms with E-state index in [1.165, 1.54) is 20.3 Å². The Hall–Kier alpha value is -2.54. The van der Waals surface area contributed by atoms with E-state index in [0.29, 0.717) is 17.2 Å². The van der Waals surface area contributed by atoms with Gasteiger partial charge in [-0.25, -0.2) is 4.79 Å². The summed E-state index contributed by atoms with van der Waals surface area (Å²) in [6.45, 7) is 1.53. The number of nitrogens with one attached hydrogen (secondary N) is 1. The lowest BCUT2D eigenvalue weighted by Crippen LogP contribution is -2.21. The van der Waals surface area contributed by atoms with Crippen molar-refractivity contribution in [1.82, 2.24) is 0 Å². The third-order valence-corrected chi connectivity index (χ3v) is 4.02. The molecular weight excluding hydrogens is 390 g/mol. The van der Waals surface area contributed by atoms with E-state index < -0.39 is 18.5 Å². The molecule has 7 heteroatoms. The zero-order valence-electron chi connectivity index (χ0n) is 14.1. The van der Waals surface area contributed by atoms with Crippen molar-refractivity contribution in [3.63, 3.8) is 0 Å². The number of carbonyl (C=O) groups excluding carboxylic acids is 2. The van der Waals surface area contributed by atoms with Crippen LogP contribution in [0.25, 0.3) is 0 Å². The lowest BCUT2D eigenvalue weighted by atomic mass is 10.2. The largest absolute Gasteiger partial charge is 0.497 e. The number of rotatable bonds is 6. The van der Waals surface area contributed by atoms with Crippen LogP contribution in [0.2, 0.25) is 0 Å². The molecular formula is C18H18BrNO5. The van der Waals surface area contributed by atoms with Crippen LogP contribution in [0.1, 0.15) is 15.9 Å². The molecule has 6 nitrogen and oxygen atoms in total. The summed E-state index contributed by atoms with van der Waals surface area (Å²) in [6, 6.07) is 10.3. The van der Waals surface area contributed by atoms with Crippen molar-refractivity contribution < 1.29 is 23.8 Å². The molecule has 132 valence electrons. The summed E-state index contributed by atoms with van der Waals surface area (Å²) in [5, 5.41) is 2.68. The molecule has 1 N–H and O–H groups in total. The molecule has 0 aliphatic heterocycles. The predicted octanol–water partition coefficient (Wildman–Crippen LogP) is 3.57. The molecule has 0 spiro atoms. The summed E-state index contributed by atoms with van der Waals surface area (Å²) in [4.78, 5) is 24.2. The number of anilines is 1. The summed E-state index contributed by atoms with van der Waals surface area (Å²) in [7, 11) is 2.93. The Morgan fingerprint density at radius 1 is 1.08 bits per heavy atom. The van der Waals surface area contributed by atoms with E-state index in [0.717, 1.165) is 10.0 Å². The van der Waals surface area contributed by atoms with Gasteiger partial charge in [0.1, 0.15) is 17.1 Å². The zero-order valence-corrected chi connectivity index (χ0v) is 15.7. The van der Waals surface area contributed by atoms with Crippen molar-refractivity contribution in [2.24, 2.45) is 0 Å². The first-order chi connectivity index (χ1) is 11.9. The van der Waals surface area contributed by atoms with Crippen molar-refractivity contribution in [3.05, 3.63) is 52.0 Å². The van der Waals surface area contributed by atoms with Crippen molar-refractivity contribution in [3.8, 4) is 11.5 Å². The molecule has 0 saturated carbocycles. The van der Waals surface area contributed by atoms with Gasteiger partial charge in [0.25, 0.3) is 5.91 Å². The Morgan fingerprint density at radius 2 is 1.84 bits per heavy atom. The summed E-state index contributed by atoms with van der Waals surface area (Å²) in [5.41, 5.74) is 1.85. The predicted molar refractivity (Wildman–Crippen MR) is 97.3 cm³/mol.